The van der Waals surface area contributed by atoms with Crippen molar-refractivity contribution < 1.29 is 9.90 Å². The van der Waals surface area contributed by atoms with Gasteiger partial charge in [0.1, 0.15) is 0 Å². The molecule has 1 atom stereocenters. The summed E-state index contributed by atoms with van der Waals surface area (Å²) in [7, 11) is 0. The first-order valence-electron chi connectivity index (χ1n) is 5.84. The fraction of sp³-hybridized carbons (Fsp3) is 0.357. The number of para-hydroxylation sites is 1. The Morgan fingerprint density at radius 2 is 1.88 bits per heavy atom. The third-order valence-corrected chi connectivity index (χ3v) is 3.16. The van der Waals surface area contributed by atoms with Crippen LogP contribution in [0.3, 0.4) is 0 Å². The summed E-state index contributed by atoms with van der Waals surface area (Å²) in [6.45, 7) is 5.93. The van der Waals surface area contributed by atoms with Crippen molar-refractivity contribution >= 4 is 16.9 Å². The number of rotatable bonds is 3. The smallest absolute Gasteiger partial charge is 0.310 e. The fourth-order valence-electron chi connectivity index (χ4n) is 2.14. The van der Waals surface area contributed by atoms with Gasteiger partial charge in [-0.2, -0.15) is 0 Å². The van der Waals surface area contributed by atoms with Gasteiger partial charge in [-0.1, -0.05) is 18.2 Å². The van der Waals surface area contributed by atoms with Crippen LogP contribution >= 0.6 is 0 Å². The zero-order chi connectivity index (χ0) is 12.6. The Kier molecular flexibility index (Phi) is 2.92. The minimum Gasteiger partial charge on any atom is -0.481 e. The summed E-state index contributed by atoms with van der Waals surface area (Å²) in [5.41, 5.74) is 1.99. The molecule has 0 aliphatic rings. The van der Waals surface area contributed by atoms with Crippen LogP contribution in [0.25, 0.3) is 10.9 Å². The van der Waals surface area contributed by atoms with Crippen LogP contribution in [-0.2, 0) is 4.79 Å². The number of carboxylic acid groups (broad SMARTS) is 1. The molecule has 17 heavy (non-hydrogen) atoms. The van der Waals surface area contributed by atoms with Crippen molar-refractivity contribution in [2.24, 2.45) is 0 Å². The highest BCUT2D eigenvalue weighted by atomic mass is 16.4. The van der Waals surface area contributed by atoms with Crippen LogP contribution < -0.4 is 0 Å². The van der Waals surface area contributed by atoms with E-state index in [2.05, 4.69) is 18.4 Å². The third kappa shape index (κ3) is 1.93. The van der Waals surface area contributed by atoms with Gasteiger partial charge in [-0.15, -0.1) is 0 Å². The molecule has 3 heteroatoms. The highest BCUT2D eigenvalue weighted by molar-refractivity contribution is 5.89. The Bertz CT molecular complexity index is 554. The molecule has 0 aliphatic heterocycles. The molecule has 0 radical (unpaired) electrons. The predicted octanol–water partition coefficient (Wildman–Crippen LogP) is 3.41. The van der Waals surface area contributed by atoms with Crippen LogP contribution in [0.2, 0.25) is 0 Å². The SMILES string of the molecule is CC(C(=O)O)c1cn(C(C)C)c2ccccc12. The molecule has 90 valence electrons. The zero-order valence-corrected chi connectivity index (χ0v) is 10.3. The van der Waals surface area contributed by atoms with E-state index in [1.165, 1.54) is 0 Å². The zero-order valence-electron chi connectivity index (χ0n) is 10.3. The first-order valence-corrected chi connectivity index (χ1v) is 5.84. The van der Waals surface area contributed by atoms with Crippen LogP contribution in [0.4, 0.5) is 0 Å². The molecular weight excluding hydrogens is 214 g/mol. The van der Waals surface area contributed by atoms with Crippen LogP contribution in [0, 0.1) is 0 Å². The Hall–Kier alpha value is -1.77. The van der Waals surface area contributed by atoms with Crippen molar-refractivity contribution in [1.29, 1.82) is 0 Å². The number of carboxylic acids is 1. The molecule has 0 saturated heterocycles. The van der Waals surface area contributed by atoms with Gasteiger partial charge < -0.3 is 9.67 Å². The van der Waals surface area contributed by atoms with Gasteiger partial charge in [0.2, 0.25) is 0 Å². The molecule has 2 aromatic rings. The van der Waals surface area contributed by atoms with Gasteiger partial charge in [0.25, 0.3) is 0 Å². The van der Waals surface area contributed by atoms with Gasteiger partial charge in [-0.25, -0.2) is 0 Å². The molecule has 1 aromatic heterocycles. The number of aliphatic carboxylic acids is 1. The highest BCUT2D eigenvalue weighted by Gasteiger charge is 2.19. The lowest BCUT2D eigenvalue weighted by Gasteiger charge is -2.08. The van der Waals surface area contributed by atoms with Crippen LogP contribution in [0.15, 0.2) is 30.5 Å². The van der Waals surface area contributed by atoms with Crippen molar-refractivity contribution in [2.45, 2.75) is 32.7 Å². The average molecular weight is 231 g/mol. The molecule has 1 aromatic carbocycles. The first kappa shape index (κ1) is 11.7. The van der Waals surface area contributed by atoms with Crippen LogP contribution in [0.5, 0.6) is 0 Å². The lowest BCUT2D eigenvalue weighted by Crippen LogP contribution is -2.07. The predicted molar refractivity (Wildman–Crippen MR) is 68.4 cm³/mol. The summed E-state index contributed by atoms with van der Waals surface area (Å²) in [6.07, 6.45) is 1.97. The Labute approximate surface area is 101 Å². The van der Waals surface area contributed by atoms with E-state index in [-0.39, 0.29) is 0 Å². The largest absolute Gasteiger partial charge is 0.481 e. The molecule has 2 rings (SSSR count). The third-order valence-electron chi connectivity index (χ3n) is 3.16. The van der Waals surface area contributed by atoms with Gasteiger partial charge in [0.05, 0.1) is 5.92 Å². The van der Waals surface area contributed by atoms with Crippen LogP contribution in [0.1, 0.15) is 38.3 Å². The highest BCUT2D eigenvalue weighted by Crippen LogP contribution is 2.29. The van der Waals surface area contributed by atoms with Gasteiger partial charge in [-0.3, -0.25) is 4.79 Å². The molecule has 0 fully saturated rings. The quantitative estimate of drug-likeness (QED) is 0.879. The summed E-state index contributed by atoms with van der Waals surface area (Å²) in [5.74, 6) is -1.25. The summed E-state index contributed by atoms with van der Waals surface area (Å²) in [5, 5.41) is 10.2. The lowest BCUT2D eigenvalue weighted by atomic mass is 10.0. The number of hydrogen-bond donors (Lipinski definition) is 1. The number of benzene rings is 1. The Morgan fingerprint density at radius 1 is 1.24 bits per heavy atom. The summed E-state index contributed by atoms with van der Waals surface area (Å²) >= 11 is 0. The molecule has 0 spiro atoms. The van der Waals surface area contributed by atoms with Gasteiger partial charge >= 0.3 is 5.97 Å². The number of hydrogen-bond acceptors (Lipinski definition) is 1. The number of carbonyl (C=O) groups is 1. The Balaban J connectivity index is 2.68. The minimum absolute atomic E-state index is 0.328. The maximum Gasteiger partial charge on any atom is 0.310 e. The maximum absolute atomic E-state index is 11.1. The molecule has 1 N–H and O–H groups in total. The molecule has 0 amide bonds. The lowest BCUT2D eigenvalue weighted by molar-refractivity contribution is -0.138. The van der Waals surface area contributed by atoms with E-state index in [0.717, 1.165) is 16.5 Å². The number of nitrogens with zero attached hydrogens (tertiary/aromatic N) is 1. The molecule has 0 saturated carbocycles. The van der Waals surface area contributed by atoms with Crippen molar-refractivity contribution in [3.63, 3.8) is 0 Å². The Morgan fingerprint density at radius 3 is 2.47 bits per heavy atom. The second-order valence-electron chi connectivity index (χ2n) is 4.66. The maximum atomic E-state index is 11.1. The number of aromatic nitrogens is 1. The average Bonchev–Trinajstić information content (AvgIpc) is 2.67. The van der Waals surface area contributed by atoms with E-state index < -0.39 is 11.9 Å². The van der Waals surface area contributed by atoms with E-state index in [1.54, 1.807) is 6.92 Å². The number of fused-ring (bicyclic) bond motifs is 1. The van der Waals surface area contributed by atoms with E-state index in [4.69, 9.17) is 5.11 Å². The van der Waals surface area contributed by atoms with E-state index in [1.807, 2.05) is 30.5 Å². The van der Waals surface area contributed by atoms with E-state index >= 15 is 0 Å². The van der Waals surface area contributed by atoms with Gasteiger partial charge in [0, 0.05) is 23.1 Å². The van der Waals surface area contributed by atoms with Gasteiger partial charge in [-0.05, 0) is 32.4 Å². The summed E-state index contributed by atoms with van der Waals surface area (Å²) < 4.78 is 2.13. The topological polar surface area (TPSA) is 42.2 Å². The molecule has 1 heterocycles. The van der Waals surface area contributed by atoms with Crippen molar-refractivity contribution in [2.75, 3.05) is 0 Å². The summed E-state index contributed by atoms with van der Waals surface area (Å²) in [4.78, 5) is 11.1. The second kappa shape index (κ2) is 4.24. The molecule has 1 unspecified atom stereocenters. The molecule has 0 bridgehead atoms. The van der Waals surface area contributed by atoms with Crippen molar-refractivity contribution in [1.82, 2.24) is 4.57 Å². The van der Waals surface area contributed by atoms with Gasteiger partial charge in [0.15, 0.2) is 0 Å². The first-order chi connectivity index (χ1) is 8.02. The van der Waals surface area contributed by atoms with Crippen LogP contribution in [-0.4, -0.2) is 15.6 Å². The van der Waals surface area contributed by atoms with Crippen molar-refractivity contribution in [3.8, 4) is 0 Å². The normalized spacial score (nSPS) is 13.2. The standard InChI is InChI=1S/C14H17NO2/c1-9(2)15-8-12(10(3)14(16)17)11-6-4-5-7-13(11)15/h4-10H,1-3H3,(H,16,17). The monoisotopic (exact) mass is 231 g/mol. The van der Waals surface area contributed by atoms with E-state index in [0.29, 0.717) is 6.04 Å². The fourth-order valence-corrected chi connectivity index (χ4v) is 2.14. The molecule has 0 aliphatic carbocycles. The summed E-state index contributed by atoms with van der Waals surface area (Å²) in [6, 6.07) is 8.28. The minimum atomic E-state index is -0.781. The molecular formula is C14H17NO2. The van der Waals surface area contributed by atoms with E-state index in [9.17, 15) is 4.79 Å². The second-order valence-corrected chi connectivity index (χ2v) is 4.66. The molecule has 3 nitrogen and oxygen atoms in total. The van der Waals surface area contributed by atoms with Crippen molar-refractivity contribution in [3.05, 3.63) is 36.0 Å².